The third-order valence-corrected chi connectivity index (χ3v) is 5.59. The number of halogens is 1. The van der Waals surface area contributed by atoms with Gasteiger partial charge in [-0.3, -0.25) is 14.2 Å². The van der Waals surface area contributed by atoms with Crippen LogP contribution < -0.4 is 10.9 Å². The minimum absolute atomic E-state index is 0.0205. The predicted molar refractivity (Wildman–Crippen MR) is 102 cm³/mol. The number of thioether (sulfide) groups is 1. The molecule has 1 aliphatic carbocycles. The van der Waals surface area contributed by atoms with E-state index in [-0.39, 0.29) is 23.3 Å². The summed E-state index contributed by atoms with van der Waals surface area (Å²) >= 11 is 7.33. The number of carbonyl (C=O) groups excluding carboxylic acids is 1. The molecule has 1 aromatic carbocycles. The van der Waals surface area contributed by atoms with Gasteiger partial charge in [-0.05, 0) is 50.3 Å². The summed E-state index contributed by atoms with van der Waals surface area (Å²) in [6, 6.07) is 5.31. The topological polar surface area (TPSA) is 64.0 Å². The number of nitrogens with one attached hydrogen (secondary N) is 1. The molecule has 0 bridgehead atoms. The van der Waals surface area contributed by atoms with Crippen LogP contribution >= 0.6 is 23.4 Å². The summed E-state index contributed by atoms with van der Waals surface area (Å²) < 4.78 is 1.65. The van der Waals surface area contributed by atoms with Gasteiger partial charge in [-0.2, -0.15) is 0 Å². The molecular formula is C18H22ClN3O2S. The van der Waals surface area contributed by atoms with Crippen LogP contribution in [0.1, 0.15) is 33.1 Å². The molecule has 1 heterocycles. The zero-order valence-corrected chi connectivity index (χ0v) is 16.0. The molecule has 0 spiro atoms. The summed E-state index contributed by atoms with van der Waals surface area (Å²) in [5, 5.41) is 4.69. The molecule has 25 heavy (non-hydrogen) atoms. The summed E-state index contributed by atoms with van der Waals surface area (Å²) in [7, 11) is 0. The summed E-state index contributed by atoms with van der Waals surface area (Å²) in [6.45, 7) is 4.63. The summed E-state index contributed by atoms with van der Waals surface area (Å²) in [4.78, 5) is 29.5. The van der Waals surface area contributed by atoms with Gasteiger partial charge in [-0.25, -0.2) is 4.98 Å². The lowest BCUT2D eigenvalue weighted by molar-refractivity contribution is -0.119. The number of fused-ring (bicyclic) bond motifs is 1. The number of aromatic nitrogens is 2. The molecule has 1 fully saturated rings. The largest absolute Gasteiger partial charge is 0.353 e. The van der Waals surface area contributed by atoms with Crippen molar-refractivity contribution < 1.29 is 4.79 Å². The van der Waals surface area contributed by atoms with Crippen LogP contribution in [-0.4, -0.2) is 27.3 Å². The Morgan fingerprint density at radius 2 is 2.24 bits per heavy atom. The van der Waals surface area contributed by atoms with Gasteiger partial charge in [0.05, 0.1) is 16.7 Å². The molecule has 5 nitrogen and oxygen atoms in total. The second-order valence-electron chi connectivity index (χ2n) is 6.49. The van der Waals surface area contributed by atoms with Gasteiger partial charge in [0.15, 0.2) is 5.16 Å². The van der Waals surface area contributed by atoms with E-state index in [1.165, 1.54) is 24.6 Å². The lowest BCUT2D eigenvalue weighted by Gasteiger charge is -2.14. The number of nitrogens with zero attached hydrogens (tertiary/aromatic N) is 2. The molecule has 0 radical (unpaired) electrons. The van der Waals surface area contributed by atoms with Gasteiger partial charge in [0.2, 0.25) is 5.91 Å². The third kappa shape index (κ3) is 4.36. The fourth-order valence-electron chi connectivity index (χ4n) is 2.84. The molecule has 7 heteroatoms. The Bertz CT molecular complexity index is 848. The average Bonchev–Trinajstić information content (AvgIpc) is 3.40. The van der Waals surface area contributed by atoms with Gasteiger partial charge in [-0.15, -0.1) is 0 Å². The Hall–Kier alpha value is -1.53. The second kappa shape index (κ2) is 7.79. The van der Waals surface area contributed by atoms with Crippen LogP contribution in [0.15, 0.2) is 28.2 Å². The third-order valence-electron chi connectivity index (χ3n) is 4.38. The standard InChI is InChI=1S/C18H22ClN3O2S/c1-3-8-22-17(24)14-7-6-13(19)9-15(14)21-18(22)25-10-16(23)20-11(2)12-4-5-12/h6-7,9,11-12H,3-5,8,10H2,1-2H3,(H,20,23)/t11-/m1/s1. The molecule has 0 unspecified atom stereocenters. The van der Waals surface area contributed by atoms with Gasteiger partial charge >= 0.3 is 0 Å². The van der Waals surface area contributed by atoms with Crippen molar-refractivity contribution in [1.29, 1.82) is 0 Å². The summed E-state index contributed by atoms with van der Waals surface area (Å²) in [5.41, 5.74) is 0.483. The van der Waals surface area contributed by atoms with Crippen molar-refractivity contribution in [3.8, 4) is 0 Å². The quantitative estimate of drug-likeness (QED) is 0.591. The van der Waals surface area contributed by atoms with E-state index in [1.54, 1.807) is 22.8 Å². The minimum Gasteiger partial charge on any atom is -0.353 e. The molecule has 2 aromatic rings. The zero-order valence-electron chi connectivity index (χ0n) is 14.4. The molecule has 0 saturated heterocycles. The van der Waals surface area contributed by atoms with Crippen LogP contribution in [0.4, 0.5) is 0 Å². The second-order valence-corrected chi connectivity index (χ2v) is 7.87. The van der Waals surface area contributed by atoms with Crippen molar-refractivity contribution in [2.75, 3.05) is 5.75 Å². The first-order chi connectivity index (χ1) is 12.0. The number of amides is 1. The van der Waals surface area contributed by atoms with Crippen LogP contribution in [0.25, 0.3) is 10.9 Å². The normalized spacial score (nSPS) is 15.3. The van der Waals surface area contributed by atoms with E-state index in [0.29, 0.717) is 33.5 Å². The number of benzene rings is 1. The molecule has 1 saturated carbocycles. The Kier molecular flexibility index (Phi) is 5.69. The molecule has 1 aliphatic rings. The van der Waals surface area contributed by atoms with Crippen LogP contribution in [0.3, 0.4) is 0 Å². The van der Waals surface area contributed by atoms with Gasteiger partial charge in [0.1, 0.15) is 0 Å². The first-order valence-electron chi connectivity index (χ1n) is 8.62. The highest BCUT2D eigenvalue weighted by atomic mass is 35.5. The van der Waals surface area contributed by atoms with Crippen LogP contribution in [0.2, 0.25) is 5.02 Å². The van der Waals surface area contributed by atoms with Crippen LogP contribution in [-0.2, 0) is 11.3 Å². The van der Waals surface area contributed by atoms with E-state index >= 15 is 0 Å². The fraction of sp³-hybridized carbons (Fsp3) is 0.500. The Balaban J connectivity index is 1.82. The molecular weight excluding hydrogens is 358 g/mol. The zero-order chi connectivity index (χ0) is 18.0. The minimum atomic E-state index is -0.0854. The van der Waals surface area contributed by atoms with E-state index in [0.717, 1.165) is 6.42 Å². The first-order valence-corrected chi connectivity index (χ1v) is 9.98. The SMILES string of the molecule is CCCn1c(SCC(=O)N[C@H](C)C2CC2)nc2cc(Cl)ccc2c1=O. The monoisotopic (exact) mass is 379 g/mol. The molecule has 1 atom stereocenters. The van der Waals surface area contributed by atoms with Crippen LogP contribution in [0, 0.1) is 5.92 Å². The van der Waals surface area contributed by atoms with Crippen LogP contribution in [0.5, 0.6) is 0 Å². The molecule has 0 aliphatic heterocycles. The van der Waals surface area contributed by atoms with Crippen molar-refractivity contribution in [3.63, 3.8) is 0 Å². The molecule has 3 rings (SSSR count). The van der Waals surface area contributed by atoms with Crippen molar-refractivity contribution in [3.05, 3.63) is 33.6 Å². The fourth-order valence-corrected chi connectivity index (χ4v) is 3.85. The van der Waals surface area contributed by atoms with E-state index in [9.17, 15) is 9.59 Å². The lowest BCUT2D eigenvalue weighted by atomic mass is 10.2. The summed E-state index contributed by atoms with van der Waals surface area (Å²) in [6.07, 6.45) is 3.20. The Morgan fingerprint density at radius 1 is 1.48 bits per heavy atom. The molecule has 134 valence electrons. The van der Waals surface area contributed by atoms with E-state index in [1.807, 2.05) is 13.8 Å². The van der Waals surface area contributed by atoms with Crippen molar-refractivity contribution in [2.45, 2.75) is 50.9 Å². The summed E-state index contributed by atoms with van der Waals surface area (Å²) in [5.74, 6) is 0.847. The van der Waals surface area contributed by atoms with E-state index in [2.05, 4.69) is 10.3 Å². The predicted octanol–water partition coefficient (Wildman–Crippen LogP) is 3.47. The van der Waals surface area contributed by atoms with Gasteiger partial charge in [-0.1, -0.05) is 30.3 Å². The number of hydrogen-bond donors (Lipinski definition) is 1. The molecule has 1 N–H and O–H groups in total. The maximum atomic E-state index is 12.7. The van der Waals surface area contributed by atoms with E-state index in [4.69, 9.17) is 11.6 Å². The number of hydrogen-bond acceptors (Lipinski definition) is 4. The van der Waals surface area contributed by atoms with Crippen molar-refractivity contribution >= 4 is 40.2 Å². The maximum absolute atomic E-state index is 12.7. The van der Waals surface area contributed by atoms with Gasteiger partial charge < -0.3 is 5.32 Å². The highest BCUT2D eigenvalue weighted by Gasteiger charge is 2.28. The van der Waals surface area contributed by atoms with Gasteiger partial charge in [0.25, 0.3) is 5.56 Å². The molecule has 1 aromatic heterocycles. The Labute approximate surface area is 156 Å². The van der Waals surface area contributed by atoms with E-state index < -0.39 is 0 Å². The maximum Gasteiger partial charge on any atom is 0.262 e. The lowest BCUT2D eigenvalue weighted by Crippen LogP contribution is -2.35. The first kappa shape index (κ1) is 18.3. The van der Waals surface area contributed by atoms with Gasteiger partial charge in [0, 0.05) is 17.6 Å². The highest BCUT2D eigenvalue weighted by Crippen LogP contribution is 2.32. The molecule has 1 amide bonds. The highest BCUT2D eigenvalue weighted by molar-refractivity contribution is 7.99. The smallest absolute Gasteiger partial charge is 0.262 e. The number of rotatable bonds is 7. The number of carbonyl (C=O) groups is 1. The van der Waals surface area contributed by atoms with Crippen molar-refractivity contribution in [2.24, 2.45) is 5.92 Å². The Morgan fingerprint density at radius 3 is 2.92 bits per heavy atom. The average molecular weight is 380 g/mol. The van der Waals surface area contributed by atoms with Crippen molar-refractivity contribution in [1.82, 2.24) is 14.9 Å².